The first kappa shape index (κ1) is 20.0. The van der Waals surface area contributed by atoms with Crippen LogP contribution in [0.2, 0.25) is 0 Å². The van der Waals surface area contributed by atoms with Crippen molar-refractivity contribution < 1.29 is 19.2 Å². The third kappa shape index (κ3) is 4.17. The van der Waals surface area contributed by atoms with E-state index in [9.17, 15) is 14.9 Å². The van der Waals surface area contributed by atoms with Crippen LogP contribution in [0.25, 0.3) is 0 Å². The molecule has 8 nitrogen and oxygen atoms in total. The number of rotatable bonds is 5. The molecule has 158 valence electrons. The predicted octanol–water partition coefficient (Wildman–Crippen LogP) is 3.11. The second kappa shape index (κ2) is 8.61. The fourth-order valence-corrected chi connectivity index (χ4v) is 4.11. The average Bonchev–Trinajstić information content (AvgIpc) is 2.78. The Balaban J connectivity index is 1.32. The zero-order chi connectivity index (χ0) is 21.1. The first-order chi connectivity index (χ1) is 14.5. The highest BCUT2D eigenvalue weighted by atomic mass is 16.6. The Morgan fingerprint density at radius 2 is 1.80 bits per heavy atom. The molecule has 0 aliphatic carbocycles. The number of nitrogens with zero attached hydrogens (tertiary/aromatic N) is 3. The van der Waals surface area contributed by atoms with Gasteiger partial charge in [-0.05, 0) is 31.0 Å². The number of nitro groups is 1. The highest BCUT2D eigenvalue weighted by Crippen LogP contribution is 2.33. The number of anilines is 1. The number of benzene rings is 2. The van der Waals surface area contributed by atoms with Gasteiger partial charge in [0.05, 0.1) is 11.5 Å². The van der Waals surface area contributed by atoms with Crippen LogP contribution in [0.3, 0.4) is 0 Å². The van der Waals surface area contributed by atoms with Gasteiger partial charge in [-0.25, -0.2) is 0 Å². The van der Waals surface area contributed by atoms with Crippen molar-refractivity contribution in [1.29, 1.82) is 0 Å². The molecule has 1 saturated heterocycles. The molecule has 1 amide bonds. The first-order valence-corrected chi connectivity index (χ1v) is 10.1. The molecule has 0 bridgehead atoms. The van der Waals surface area contributed by atoms with Crippen molar-refractivity contribution in [2.75, 3.05) is 38.2 Å². The number of likely N-dealkylation sites (N-methyl/N-ethyl adjacent to an activating group) is 1. The number of nitro benzene ring substituents is 1. The molecule has 2 aliphatic heterocycles. The number of fused-ring (bicyclic) bond motifs is 1. The van der Waals surface area contributed by atoms with Gasteiger partial charge in [-0.3, -0.25) is 14.9 Å². The number of para-hydroxylation sites is 4. The van der Waals surface area contributed by atoms with Crippen LogP contribution in [0.1, 0.15) is 12.8 Å². The molecule has 0 N–H and O–H groups in total. The largest absolute Gasteiger partial charge is 0.486 e. The molecule has 0 aromatic heterocycles. The van der Waals surface area contributed by atoms with Crippen molar-refractivity contribution in [3.8, 4) is 11.5 Å². The van der Waals surface area contributed by atoms with Gasteiger partial charge in [0.2, 0.25) is 5.91 Å². The summed E-state index contributed by atoms with van der Waals surface area (Å²) in [6, 6.07) is 14.3. The summed E-state index contributed by atoms with van der Waals surface area (Å²) in [5.41, 5.74) is 0.724. The second-order valence-corrected chi connectivity index (χ2v) is 7.72. The number of carbonyl (C=O) groups excluding carboxylic acids is 1. The van der Waals surface area contributed by atoms with E-state index in [2.05, 4.69) is 0 Å². The Morgan fingerprint density at radius 1 is 1.13 bits per heavy atom. The Hall–Kier alpha value is -3.29. The average molecular weight is 411 g/mol. The zero-order valence-electron chi connectivity index (χ0n) is 16.9. The summed E-state index contributed by atoms with van der Waals surface area (Å²) in [5, 5.41) is 11.3. The van der Waals surface area contributed by atoms with Gasteiger partial charge < -0.3 is 19.3 Å². The summed E-state index contributed by atoms with van der Waals surface area (Å²) in [5.74, 6) is 1.42. The highest BCUT2D eigenvalue weighted by Gasteiger charge is 2.31. The standard InChI is InChI=1S/C22H25N3O5/c1-23(14-17-15-29-20-8-4-5-9-21(20)30-17)22(26)16-10-12-24(13-11-16)18-6-2-3-7-19(18)25(27)28/h2-9,16-17H,10-15H2,1H3/t17-/m1/s1. The van der Waals surface area contributed by atoms with Crippen LogP contribution in [0.4, 0.5) is 11.4 Å². The fraction of sp³-hybridized carbons (Fsp3) is 0.409. The summed E-state index contributed by atoms with van der Waals surface area (Å²) in [6.45, 7) is 2.10. The minimum absolute atomic E-state index is 0.0830. The third-order valence-corrected chi connectivity index (χ3v) is 5.68. The summed E-state index contributed by atoms with van der Waals surface area (Å²) in [4.78, 5) is 27.6. The summed E-state index contributed by atoms with van der Waals surface area (Å²) >= 11 is 0. The molecule has 0 saturated carbocycles. The Bertz CT molecular complexity index is 926. The minimum atomic E-state index is -0.356. The van der Waals surface area contributed by atoms with E-state index < -0.39 is 0 Å². The maximum Gasteiger partial charge on any atom is 0.292 e. The molecule has 0 radical (unpaired) electrons. The van der Waals surface area contributed by atoms with Crippen molar-refractivity contribution in [3.05, 3.63) is 58.6 Å². The van der Waals surface area contributed by atoms with Gasteiger partial charge in [-0.1, -0.05) is 24.3 Å². The molecule has 0 spiro atoms. The van der Waals surface area contributed by atoms with Gasteiger partial charge in [-0.15, -0.1) is 0 Å². The molecule has 4 rings (SSSR count). The summed E-state index contributed by atoms with van der Waals surface area (Å²) in [6.07, 6.45) is 1.13. The molecular formula is C22H25N3O5. The smallest absolute Gasteiger partial charge is 0.292 e. The van der Waals surface area contributed by atoms with Crippen molar-refractivity contribution >= 4 is 17.3 Å². The first-order valence-electron chi connectivity index (χ1n) is 10.1. The van der Waals surface area contributed by atoms with E-state index >= 15 is 0 Å². The van der Waals surface area contributed by atoms with E-state index in [-0.39, 0.29) is 28.5 Å². The normalized spacial score (nSPS) is 18.7. The molecule has 2 aromatic carbocycles. The van der Waals surface area contributed by atoms with Gasteiger partial charge in [0, 0.05) is 32.1 Å². The second-order valence-electron chi connectivity index (χ2n) is 7.72. The number of ether oxygens (including phenoxy) is 2. The van der Waals surface area contributed by atoms with E-state index in [1.807, 2.05) is 29.2 Å². The minimum Gasteiger partial charge on any atom is -0.486 e. The Kier molecular flexibility index (Phi) is 5.74. The topological polar surface area (TPSA) is 85.2 Å². The molecule has 8 heteroatoms. The molecule has 30 heavy (non-hydrogen) atoms. The van der Waals surface area contributed by atoms with Gasteiger partial charge in [0.25, 0.3) is 5.69 Å². The Labute approximate surface area is 175 Å². The maximum atomic E-state index is 12.9. The summed E-state index contributed by atoms with van der Waals surface area (Å²) in [7, 11) is 1.79. The third-order valence-electron chi connectivity index (χ3n) is 5.68. The number of hydrogen-bond acceptors (Lipinski definition) is 6. The number of carbonyl (C=O) groups is 1. The lowest BCUT2D eigenvalue weighted by Crippen LogP contribution is -2.46. The predicted molar refractivity (Wildman–Crippen MR) is 112 cm³/mol. The van der Waals surface area contributed by atoms with Crippen LogP contribution in [-0.2, 0) is 4.79 Å². The quantitative estimate of drug-likeness (QED) is 0.555. The van der Waals surface area contributed by atoms with E-state index in [1.165, 1.54) is 6.07 Å². The van der Waals surface area contributed by atoms with Crippen LogP contribution < -0.4 is 14.4 Å². The van der Waals surface area contributed by atoms with Gasteiger partial charge >= 0.3 is 0 Å². The lowest BCUT2D eigenvalue weighted by atomic mass is 9.94. The molecule has 2 aliphatic rings. The van der Waals surface area contributed by atoms with Gasteiger partial charge in [0.1, 0.15) is 12.3 Å². The van der Waals surface area contributed by atoms with Crippen molar-refractivity contribution in [2.24, 2.45) is 5.92 Å². The van der Waals surface area contributed by atoms with E-state index in [0.29, 0.717) is 50.5 Å². The maximum absolute atomic E-state index is 12.9. The van der Waals surface area contributed by atoms with Crippen molar-refractivity contribution in [3.63, 3.8) is 0 Å². The molecule has 0 unspecified atom stereocenters. The van der Waals surface area contributed by atoms with E-state index in [4.69, 9.17) is 9.47 Å². The fourth-order valence-electron chi connectivity index (χ4n) is 4.11. The summed E-state index contributed by atoms with van der Waals surface area (Å²) < 4.78 is 11.7. The highest BCUT2D eigenvalue weighted by molar-refractivity contribution is 5.79. The molecule has 1 atom stereocenters. The lowest BCUT2D eigenvalue weighted by Gasteiger charge is -2.35. The monoisotopic (exact) mass is 411 g/mol. The number of amides is 1. The number of hydrogen-bond donors (Lipinski definition) is 0. The van der Waals surface area contributed by atoms with Crippen LogP contribution in [0.5, 0.6) is 11.5 Å². The molecule has 2 heterocycles. The SMILES string of the molecule is CN(C[C@@H]1COc2ccccc2O1)C(=O)C1CCN(c2ccccc2[N+](=O)[O-])CC1. The van der Waals surface area contributed by atoms with Crippen LogP contribution in [0.15, 0.2) is 48.5 Å². The zero-order valence-corrected chi connectivity index (χ0v) is 16.9. The van der Waals surface area contributed by atoms with E-state index in [0.717, 1.165) is 5.75 Å². The van der Waals surface area contributed by atoms with Gasteiger partial charge in [-0.2, -0.15) is 0 Å². The molecular weight excluding hydrogens is 386 g/mol. The molecule has 2 aromatic rings. The molecule has 1 fully saturated rings. The number of piperidine rings is 1. The van der Waals surface area contributed by atoms with Gasteiger partial charge in [0.15, 0.2) is 17.6 Å². The lowest BCUT2D eigenvalue weighted by molar-refractivity contribution is -0.384. The van der Waals surface area contributed by atoms with Crippen molar-refractivity contribution in [1.82, 2.24) is 4.90 Å². The van der Waals surface area contributed by atoms with Crippen molar-refractivity contribution in [2.45, 2.75) is 18.9 Å². The van der Waals surface area contributed by atoms with Crippen LogP contribution in [0, 0.1) is 16.0 Å². The van der Waals surface area contributed by atoms with E-state index in [1.54, 1.807) is 30.1 Å². The Morgan fingerprint density at radius 3 is 2.53 bits per heavy atom. The van der Waals surface area contributed by atoms with Crippen LogP contribution in [-0.4, -0.2) is 55.1 Å². The van der Waals surface area contributed by atoms with Crippen LogP contribution >= 0.6 is 0 Å².